The van der Waals surface area contributed by atoms with Crippen molar-refractivity contribution in [2.75, 3.05) is 40.5 Å². The number of hydrogen-bond donors (Lipinski definition) is 2. The molecule has 0 atom stereocenters. The predicted molar refractivity (Wildman–Crippen MR) is 74.8 cm³/mol. The molecule has 0 saturated carbocycles. The lowest BCUT2D eigenvalue weighted by molar-refractivity contribution is 0.0300. The van der Waals surface area contributed by atoms with Gasteiger partial charge < -0.3 is 23.8 Å². The van der Waals surface area contributed by atoms with Gasteiger partial charge in [0, 0.05) is 32.5 Å². The van der Waals surface area contributed by atoms with Gasteiger partial charge in [-0.2, -0.15) is 0 Å². The van der Waals surface area contributed by atoms with Crippen molar-refractivity contribution in [2.24, 2.45) is 5.73 Å². The van der Waals surface area contributed by atoms with Crippen LogP contribution in [-0.2, 0) is 18.1 Å². The van der Waals surface area contributed by atoms with E-state index in [0.717, 1.165) is 5.19 Å². The van der Waals surface area contributed by atoms with Gasteiger partial charge in [-0.1, -0.05) is 30.3 Å². The molecule has 0 aliphatic carbocycles. The molecule has 1 aromatic carbocycles. The molecule has 0 unspecified atom stereocenters. The lowest BCUT2D eigenvalue weighted by Crippen LogP contribution is -2.56. The molecule has 1 aromatic rings. The number of rotatable bonds is 10. The summed E-state index contributed by atoms with van der Waals surface area (Å²) in [6, 6.07) is 9.69. The second-order valence-corrected chi connectivity index (χ2v) is 6.51. The third-order valence-electron chi connectivity index (χ3n) is 2.48. The Morgan fingerprint density at radius 3 is 2.37 bits per heavy atom. The summed E-state index contributed by atoms with van der Waals surface area (Å²) in [5.41, 5.74) is 8.07. The summed E-state index contributed by atoms with van der Waals surface area (Å²) in [5.74, 6) is 0. The predicted octanol–water partition coefficient (Wildman–Crippen LogP) is -0.378. The molecule has 0 aliphatic heterocycles. The van der Waals surface area contributed by atoms with E-state index in [9.17, 15) is 0 Å². The van der Waals surface area contributed by atoms with E-state index in [4.69, 9.17) is 23.8 Å². The Hall–Kier alpha value is -0.803. The maximum Gasteiger partial charge on any atom is 0.536 e. The molecule has 0 aromatic heterocycles. The number of nitrogens with one attached hydrogen (secondary N) is 1. The first-order valence-corrected chi connectivity index (χ1v) is 7.86. The van der Waals surface area contributed by atoms with E-state index in [1.807, 2.05) is 30.3 Å². The summed E-state index contributed by atoms with van der Waals surface area (Å²) < 4.78 is 16.8. The number of hydroxylamine groups is 1. The van der Waals surface area contributed by atoms with Gasteiger partial charge in [-0.25, -0.2) is 5.48 Å². The van der Waals surface area contributed by atoms with Gasteiger partial charge in [0.1, 0.15) is 0 Å². The zero-order valence-electron chi connectivity index (χ0n) is 11.4. The minimum absolute atomic E-state index is 0.424. The first-order chi connectivity index (χ1) is 9.29. The average Bonchev–Trinajstić information content (AvgIpc) is 2.48. The molecule has 0 spiro atoms. The summed E-state index contributed by atoms with van der Waals surface area (Å²) in [4.78, 5) is 5.05. The topological polar surface area (TPSA) is 75.0 Å². The molecule has 6 nitrogen and oxygen atoms in total. The summed E-state index contributed by atoms with van der Waals surface area (Å²) in [5, 5.41) is 0.933. The maximum absolute atomic E-state index is 5.82. The molecule has 0 fully saturated rings. The van der Waals surface area contributed by atoms with Gasteiger partial charge in [-0.3, -0.25) is 0 Å². The van der Waals surface area contributed by atoms with Gasteiger partial charge >= 0.3 is 8.80 Å². The van der Waals surface area contributed by atoms with Crippen LogP contribution in [0.25, 0.3) is 0 Å². The Morgan fingerprint density at radius 1 is 1.11 bits per heavy atom. The Morgan fingerprint density at radius 2 is 1.79 bits per heavy atom. The van der Waals surface area contributed by atoms with Crippen LogP contribution in [0.1, 0.15) is 0 Å². The van der Waals surface area contributed by atoms with Crippen LogP contribution < -0.4 is 16.4 Å². The van der Waals surface area contributed by atoms with Crippen LogP contribution in [0.4, 0.5) is 0 Å². The van der Waals surface area contributed by atoms with E-state index < -0.39 is 8.80 Å². The monoisotopic (exact) mass is 286 g/mol. The fourth-order valence-electron chi connectivity index (χ4n) is 1.59. The first kappa shape index (κ1) is 16.3. The fraction of sp³-hybridized carbons (Fsp3) is 0.500. The standard InChI is InChI=1S/C12H22N2O4Si/c1-15-19(16-2,12-6-4-3-5-7-12)18-11-9-14-17-10-8-13/h3-7,14H,8-11,13H2,1-2H3. The minimum Gasteiger partial charge on any atom is -0.373 e. The van der Waals surface area contributed by atoms with Crippen LogP contribution >= 0.6 is 0 Å². The fourth-order valence-corrected chi connectivity index (χ4v) is 3.60. The molecule has 7 heteroatoms. The van der Waals surface area contributed by atoms with Crippen LogP contribution in [0.2, 0.25) is 0 Å². The van der Waals surface area contributed by atoms with Crippen molar-refractivity contribution in [1.82, 2.24) is 5.48 Å². The summed E-state index contributed by atoms with van der Waals surface area (Å²) in [6.07, 6.45) is 0. The van der Waals surface area contributed by atoms with Gasteiger partial charge in [0.25, 0.3) is 0 Å². The van der Waals surface area contributed by atoms with Crippen molar-refractivity contribution in [3.05, 3.63) is 30.3 Å². The second-order valence-electron chi connectivity index (χ2n) is 3.71. The summed E-state index contributed by atoms with van der Waals surface area (Å²) in [7, 11) is 0.388. The van der Waals surface area contributed by atoms with Crippen molar-refractivity contribution in [2.45, 2.75) is 0 Å². The molecular formula is C12H22N2O4Si. The van der Waals surface area contributed by atoms with Crippen LogP contribution in [0.3, 0.4) is 0 Å². The number of hydrogen-bond acceptors (Lipinski definition) is 6. The lowest BCUT2D eigenvalue weighted by atomic mass is 10.4. The SMILES string of the molecule is CO[Si](OC)(OCCNOCCN)c1ccccc1. The van der Waals surface area contributed by atoms with Crippen molar-refractivity contribution < 1.29 is 18.1 Å². The highest BCUT2D eigenvalue weighted by Gasteiger charge is 2.41. The molecule has 0 bridgehead atoms. The Bertz CT molecular complexity index is 336. The lowest BCUT2D eigenvalue weighted by Gasteiger charge is -2.26. The van der Waals surface area contributed by atoms with E-state index >= 15 is 0 Å². The van der Waals surface area contributed by atoms with Crippen molar-refractivity contribution >= 4 is 14.0 Å². The molecule has 0 radical (unpaired) electrons. The van der Waals surface area contributed by atoms with E-state index in [0.29, 0.717) is 26.3 Å². The van der Waals surface area contributed by atoms with Gasteiger partial charge in [-0.05, 0) is 0 Å². The van der Waals surface area contributed by atoms with E-state index in [-0.39, 0.29) is 0 Å². The highest BCUT2D eigenvalue weighted by molar-refractivity contribution is 6.75. The third kappa shape index (κ3) is 5.00. The van der Waals surface area contributed by atoms with Gasteiger partial charge in [0.15, 0.2) is 0 Å². The van der Waals surface area contributed by atoms with Crippen molar-refractivity contribution in [3.63, 3.8) is 0 Å². The molecule has 0 amide bonds. The maximum atomic E-state index is 5.82. The summed E-state index contributed by atoms with van der Waals surface area (Å²) >= 11 is 0. The highest BCUT2D eigenvalue weighted by atomic mass is 28.4. The van der Waals surface area contributed by atoms with E-state index in [2.05, 4.69) is 5.48 Å². The largest absolute Gasteiger partial charge is 0.536 e. The molecule has 0 heterocycles. The molecule has 108 valence electrons. The van der Waals surface area contributed by atoms with Crippen molar-refractivity contribution in [1.29, 1.82) is 0 Å². The molecular weight excluding hydrogens is 264 g/mol. The highest BCUT2D eigenvalue weighted by Crippen LogP contribution is 2.07. The molecule has 1 rings (SSSR count). The normalized spacial score (nSPS) is 11.7. The molecule has 3 N–H and O–H groups in total. The molecule has 0 aliphatic rings. The smallest absolute Gasteiger partial charge is 0.373 e. The van der Waals surface area contributed by atoms with Crippen LogP contribution in [0.5, 0.6) is 0 Å². The molecule has 19 heavy (non-hydrogen) atoms. The van der Waals surface area contributed by atoms with Crippen LogP contribution in [0.15, 0.2) is 30.3 Å². The van der Waals surface area contributed by atoms with Crippen LogP contribution in [-0.4, -0.2) is 49.3 Å². The minimum atomic E-state index is -2.81. The average molecular weight is 286 g/mol. The number of benzene rings is 1. The quantitative estimate of drug-likeness (QED) is 0.347. The third-order valence-corrected chi connectivity index (χ3v) is 5.18. The van der Waals surface area contributed by atoms with Crippen LogP contribution in [0, 0.1) is 0 Å². The van der Waals surface area contributed by atoms with E-state index in [1.165, 1.54) is 0 Å². The van der Waals surface area contributed by atoms with Gasteiger partial charge in [-0.15, -0.1) is 0 Å². The van der Waals surface area contributed by atoms with E-state index in [1.54, 1.807) is 14.2 Å². The zero-order valence-corrected chi connectivity index (χ0v) is 12.4. The molecule has 0 saturated heterocycles. The Balaban J connectivity index is 2.48. The Kier molecular flexibility index (Phi) is 7.83. The van der Waals surface area contributed by atoms with Crippen molar-refractivity contribution in [3.8, 4) is 0 Å². The van der Waals surface area contributed by atoms with Gasteiger partial charge in [0.05, 0.1) is 13.2 Å². The van der Waals surface area contributed by atoms with Gasteiger partial charge in [0.2, 0.25) is 0 Å². The Labute approximate surface area is 115 Å². The summed E-state index contributed by atoms with van der Waals surface area (Å²) in [6.45, 7) is 1.91. The number of nitrogens with two attached hydrogens (primary N) is 1. The second kappa shape index (κ2) is 9.16. The zero-order chi connectivity index (χ0) is 14.0. The first-order valence-electron chi connectivity index (χ1n) is 6.13.